The number of amides is 2. The number of nitrogens with one attached hydrogen (secondary N) is 2. The second-order valence-corrected chi connectivity index (χ2v) is 10.1. The Morgan fingerprint density at radius 3 is 2.64 bits per heavy atom. The molecule has 0 spiro atoms. The van der Waals surface area contributed by atoms with Gasteiger partial charge in [0.2, 0.25) is 0 Å². The number of hydrogen-bond donors (Lipinski definition) is 2. The Labute approximate surface area is 210 Å². The van der Waals surface area contributed by atoms with Gasteiger partial charge in [-0.05, 0) is 49.8 Å². The maximum atomic E-state index is 13.5. The van der Waals surface area contributed by atoms with Crippen LogP contribution < -0.4 is 10.1 Å². The molecule has 3 aliphatic rings. The largest absolute Gasteiger partial charge is 0.497 e. The van der Waals surface area contributed by atoms with E-state index in [-0.39, 0.29) is 17.9 Å². The first-order chi connectivity index (χ1) is 17.6. The number of hydrogen-bond acceptors (Lipinski definition) is 5. The number of aryl methyl sites for hydroxylation is 1. The molecule has 0 atom stereocenters. The molecular weight excluding hydrogens is 456 g/mol. The van der Waals surface area contributed by atoms with E-state index in [0.29, 0.717) is 37.4 Å². The summed E-state index contributed by atoms with van der Waals surface area (Å²) in [6.45, 7) is 1.50. The molecule has 188 valence electrons. The number of ether oxygens (including phenoxy) is 1. The van der Waals surface area contributed by atoms with E-state index in [1.54, 1.807) is 7.11 Å². The van der Waals surface area contributed by atoms with Gasteiger partial charge in [0.15, 0.2) is 11.4 Å². The van der Waals surface area contributed by atoms with E-state index in [0.717, 1.165) is 78.8 Å². The van der Waals surface area contributed by atoms with Crippen LogP contribution in [0.15, 0.2) is 24.3 Å². The first-order valence-corrected chi connectivity index (χ1v) is 13.0. The number of carbonyl (C=O) groups excluding carboxylic acids is 2. The van der Waals surface area contributed by atoms with Crippen LogP contribution in [0, 0.1) is 0 Å². The quantitative estimate of drug-likeness (QED) is 0.555. The summed E-state index contributed by atoms with van der Waals surface area (Å²) in [6, 6.07) is 8.10. The van der Waals surface area contributed by atoms with E-state index < -0.39 is 0 Å². The lowest BCUT2D eigenvalue weighted by Gasteiger charge is -2.27. The van der Waals surface area contributed by atoms with Crippen molar-refractivity contribution in [2.75, 3.05) is 13.7 Å². The van der Waals surface area contributed by atoms with Crippen LogP contribution in [0.3, 0.4) is 0 Å². The second kappa shape index (κ2) is 9.44. The summed E-state index contributed by atoms with van der Waals surface area (Å²) in [5.74, 6) is 0.601. The topological polar surface area (TPSA) is 105 Å². The monoisotopic (exact) mass is 488 g/mol. The van der Waals surface area contributed by atoms with Crippen LogP contribution in [-0.2, 0) is 32.4 Å². The van der Waals surface area contributed by atoms with Crippen molar-refractivity contribution in [2.45, 2.75) is 70.5 Å². The number of H-pyrrole nitrogens is 1. The minimum absolute atomic E-state index is 0.0647. The van der Waals surface area contributed by atoms with E-state index in [1.807, 2.05) is 33.8 Å². The molecule has 9 heteroatoms. The Kier molecular flexibility index (Phi) is 5.99. The standard InChI is InChI=1S/C27H32N6O3/c1-36-19-11-9-17(10-12-19)15-33-23-13-14-32(27(35)25-20-7-4-8-22(20)29-30-25)16-21(23)24(31-33)26(34)28-18-5-2-3-6-18/h9-12,18H,2-8,13-16H2,1H3,(H,28,34)(H,29,30). The molecule has 36 heavy (non-hydrogen) atoms. The lowest BCUT2D eigenvalue weighted by atomic mass is 10.0. The average molecular weight is 489 g/mol. The highest BCUT2D eigenvalue weighted by Crippen LogP contribution is 2.29. The Morgan fingerprint density at radius 1 is 1.06 bits per heavy atom. The zero-order valence-corrected chi connectivity index (χ0v) is 20.7. The molecule has 2 N–H and O–H groups in total. The van der Waals surface area contributed by atoms with Crippen molar-refractivity contribution in [1.29, 1.82) is 0 Å². The lowest BCUT2D eigenvalue weighted by molar-refractivity contribution is 0.0723. The predicted octanol–water partition coefficient (Wildman–Crippen LogP) is 3.02. The van der Waals surface area contributed by atoms with E-state index in [9.17, 15) is 9.59 Å². The third-order valence-corrected chi connectivity index (χ3v) is 7.83. The van der Waals surface area contributed by atoms with Crippen LogP contribution in [0.2, 0.25) is 0 Å². The first kappa shape index (κ1) is 22.8. The molecule has 0 saturated heterocycles. The Hall–Kier alpha value is -3.62. The third kappa shape index (κ3) is 4.16. The Bertz CT molecular complexity index is 1290. The minimum Gasteiger partial charge on any atom is -0.497 e. The molecule has 3 aromatic rings. The molecule has 2 amide bonds. The number of aromatic amines is 1. The fraction of sp³-hybridized carbons (Fsp3) is 0.481. The Balaban J connectivity index is 1.29. The summed E-state index contributed by atoms with van der Waals surface area (Å²) in [6.07, 6.45) is 7.84. The molecule has 0 unspecified atom stereocenters. The highest BCUT2D eigenvalue weighted by atomic mass is 16.5. The molecular formula is C27H32N6O3. The molecule has 1 fully saturated rings. The van der Waals surface area contributed by atoms with Crippen LogP contribution in [0.1, 0.15) is 81.2 Å². The van der Waals surface area contributed by atoms with Crippen LogP contribution in [0.25, 0.3) is 0 Å². The lowest BCUT2D eigenvalue weighted by Crippen LogP contribution is -2.38. The first-order valence-electron chi connectivity index (χ1n) is 13.0. The number of rotatable bonds is 6. The van der Waals surface area contributed by atoms with Crippen molar-refractivity contribution in [1.82, 2.24) is 30.2 Å². The highest BCUT2D eigenvalue weighted by Gasteiger charge is 2.34. The maximum absolute atomic E-state index is 13.5. The Morgan fingerprint density at radius 2 is 1.86 bits per heavy atom. The normalized spacial score (nSPS) is 17.2. The van der Waals surface area contributed by atoms with Crippen molar-refractivity contribution < 1.29 is 14.3 Å². The molecule has 9 nitrogen and oxygen atoms in total. The molecule has 1 aliphatic heterocycles. The van der Waals surface area contributed by atoms with Gasteiger partial charge in [0.25, 0.3) is 11.8 Å². The summed E-state index contributed by atoms with van der Waals surface area (Å²) in [5.41, 5.74) is 6.07. The smallest absolute Gasteiger partial charge is 0.274 e. The highest BCUT2D eigenvalue weighted by molar-refractivity contribution is 5.96. The van der Waals surface area contributed by atoms with Crippen LogP contribution >= 0.6 is 0 Å². The van der Waals surface area contributed by atoms with Crippen molar-refractivity contribution in [3.63, 3.8) is 0 Å². The zero-order chi connectivity index (χ0) is 24.6. The fourth-order valence-corrected chi connectivity index (χ4v) is 5.85. The number of fused-ring (bicyclic) bond motifs is 2. The zero-order valence-electron chi connectivity index (χ0n) is 20.7. The minimum atomic E-state index is -0.137. The van der Waals surface area contributed by atoms with Gasteiger partial charge in [0, 0.05) is 41.5 Å². The van der Waals surface area contributed by atoms with Crippen molar-refractivity contribution in [3.8, 4) is 5.75 Å². The molecule has 6 rings (SSSR count). The van der Waals surface area contributed by atoms with E-state index in [4.69, 9.17) is 9.84 Å². The molecule has 0 bridgehead atoms. The van der Waals surface area contributed by atoms with Gasteiger partial charge in [0.05, 0.1) is 20.2 Å². The molecule has 2 aliphatic carbocycles. The van der Waals surface area contributed by atoms with Crippen molar-refractivity contribution in [3.05, 3.63) is 63.7 Å². The summed E-state index contributed by atoms with van der Waals surface area (Å²) in [4.78, 5) is 28.6. The number of carbonyl (C=O) groups is 2. The van der Waals surface area contributed by atoms with Crippen molar-refractivity contribution >= 4 is 11.8 Å². The summed E-state index contributed by atoms with van der Waals surface area (Å²) in [5, 5.41) is 15.4. The van der Waals surface area contributed by atoms with Gasteiger partial charge < -0.3 is 15.0 Å². The molecule has 1 saturated carbocycles. The van der Waals surface area contributed by atoms with Gasteiger partial charge in [-0.25, -0.2) is 0 Å². The van der Waals surface area contributed by atoms with Crippen LogP contribution in [-0.4, -0.2) is 56.4 Å². The van der Waals surface area contributed by atoms with Gasteiger partial charge in [-0.1, -0.05) is 25.0 Å². The molecule has 0 radical (unpaired) electrons. The fourth-order valence-electron chi connectivity index (χ4n) is 5.85. The van der Waals surface area contributed by atoms with Gasteiger partial charge >= 0.3 is 0 Å². The molecule has 2 aromatic heterocycles. The number of methoxy groups -OCH3 is 1. The van der Waals surface area contributed by atoms with E-state index in [1.165, 1.54) is 0 Å². The summed E-state index contributed by atoms with van der Waals surface area (Å²) < 4.78 is 7.22. The summed E-state index contributed by atoms with van der Waals surface area (Å²) in [7, 11) is 1.65. The molecule has 3 heterocycles. The van der Waals surface area contributed by atoms with Crippen molar-refractivity contribution in [2.24, 2.45) is 0 Å². The second-order valence-electron chi connectivity index (χ2n) is 10.1. The van der Waals surface area contributed by atoms with Gasteiger partial charge in [-0.2, -0.15) is 10.2 Å². The predicted molar refractivity (Wildman–Crippen MR) is 133 cm³/mol. The number of benzene rings is 1. The van der Waals surface area contributed by atoms with E-state index >= 15 is 0 Å². The van der Waals surface area contributed by atoms with E-state index in [2.05, 4.69) is 15.5 Å². The van der Waals surface area contributed by atoms with Gasteiger partial charge in [-0.15, -0.1) is 0 Å². The average Bonchev–Trinajstić information content (AvgIpc) is 3.69. The number of nitrogens with zero attached hydrogens (tertiary/aromatic N) is 4. The molecule has 1 aromatic carbocycles. The SMILES string of the molecule is COc1ccc(Cn2nc(C(=O)NC3CCCC3)c3c2CCN(C(=O)c2n[nH]c4c2CCC4)C3)cc1. The maximum Gasteiger partial charge on any atom is 0.274 e. The third-order valence-electron chi connectivity index (χ3n) is 7.83. The van der Waals surface area contributed by atoms with Crippen LogP contribution in [0.4, 0.5) is 0 Å². The van der Waals surface area contributed by atoms with Gasteiger partial charge in [0.1, 0.15) is 5.75 Å². The van der Waals surface area contributed by atoms with Crippen LogP contribution in [0.5, 0.6) is 5.75 Å². The van der Waals surface area contributed by atoms with Gasteiger partial charge in [-0.3, -0.25) is 19.4 Å². The summed E-state index contributed by atoms with van der Waals surface area (Å²) >= 11 is 0. The number of aromatic nitrogens is 4.